The van der Waals surface area contributed by atoms with E-state index in [-0.39, 0.29) is 12.0 Å². The molecule has 1 aromatic rings. The summed E-state index contributed by atoms with van der Waals surface area (Å²) >= 11 is 6.23. The Labute approximate surface area is 120 Å². The van der Waals surface area contributed by atoms with Crippen LogP contribution in [0.5, 0.6) is 0 Å². The van der Waals surface area contributed by atoms with Crippen LogP contribution in [0.2, 0.25) is 5.02 Å². The van der Waals surface area contributed by atoms with Crippen molar-refractivity contribution in [3.8, 4) is 0 Å². The van der Waals surface area contributed by atoms with Gasteiger partial charge in [-0.05, 0) is 33.3 Å². The van der Waals surface area contributed by atoms with Gasteiger partial charge in [-0.2, -0.15) is 0 Å². The zero-order valence-corrected chi connectivity index (χ0v) is 12.8. The van der Waals surface area contributed by atoms with Crippen LogP contribution in [0.15, 0.2) is 24.3 Å². The zero-order valence-electron chi connectivity index (χ0n) is 12.0. The Bertz CT molecular complexity index is 436. The fraction of sp³-hybridized carbons (Fsp3) is 0.533. The van der Waals surface area contributed by atoms with E-state index in [4.69, 9.17) is 16.3 Å². The molecule has 0 aromatic heterocycles. The van der Waals surface area contributed by atoms with E-state index in [0.717, 1.165) is 12.0 Å². The Balaban J connectivity index is 3.18. The minimum atomic E-state index is -0.927. The number of ether oxygens (including phenoxy) is 1. The number of benzene rings is 1. The summed E-state index contributed by atoms with van der Waals surface area (Å²) in [4.78, 5) is 12.3. The van der Waals surface area contributed by atoms with E-state index >= 15 is 0 Å². The molecule has 3 nitrogen and oxygen atoms in total. The molecule has 2 atom stereocenters. The van der Waals surface area contributed by atoms with E-state index in [2.05, 4.69) is 12.2 Å². The van der Waals surface area contributed by atoms with Crippen LogP contribution in [0.1, 0.15) is 39.7 Å². The number of carbonyl (C=O) groups is 1. The number of hydrogen-bond donors (Lipinski definition) is 1. The molecule has 4 heteroatoms. The maximum Gasteiger partial charge on any atom is 0.330 e. The van der Waals surface area contributed by atoms with Crippen LogP contribution >= 0.6 is 11.6 Å². The van der Waals surface area contributed by atoms with Gasteiger partial charge in [0, 0.05) is 16.6 Å². The molecule has 0 aliphatic rings. The van der Waals surface area contributed by atoms with Gasteiger partial charge in [0.1, 0.15) is 5.54 Å². The first-order chi connectivity index (χ1) is 8.95. The molecule has 2 unspecified atom stereocenters. The lowest BCUT2D eigenvalue weighted by Gasteiger charge is -2.32. The Hall–Kier alpha value is -1.06. The maximum absolute atomic E-state index is 12.3. The summed E-state index contributed by atoms with van der Waals surface area (Å²) in [5, 5.41) is 3.89. The van der Waals surface area contributed by atoms with Crippen molar-refractivity contribution in [3.05, 3.63) is 34.9 Å². The zero-order chi connectivity index (χ0) is 14.5. The highest BCUT2D eigenvalue weighted by molar-refractivity contribution is 6.31. The van der Waals surface area contributed by atoms with Gasteiger partial charge in [-0.3, -0.25) is 5.32 Å². The van der Waals surface area contributed by atoms with E-state index in [9.17, 15) is 4.79 Å². The van der Waals surface area contributed by atoms with Gasteiger partial charge in [-0.15, -0.1) is 0 Å². The van der Waals surface area contributed by atoms with E-state index < -0.39 is 5.54 Å². The molecule has 106 valence electrons. The molecule has 0 aliphatic carbocycles. The minimum Gasteiger partial charge on any atom is -0.464 e. The number of esters is 1. The Morgan fingerprint density at radius 2 is 2.05 bits per heavy atom. The average Bonchev–Trinajstić information content (AvgIpc) is 2.39. The highest BCUT2D eigenvalue weighted by Crippen LogP contribution is 2.30. The van der Waals surface area contributed by atoms with Crippen LogP contribution in [0.4, 0.5) is 0 Å². The molecule has 0 aliphatic heterocycles. The molecule has 0 heterocycles. The Morgan fingerprint density at radius 1 is 1.42 bits per heavy atom. The third kappa shape index (κ3) is 3.71. The molecule has 0 amide bonds. The summed E-state index contributed by atoms with van der Waals surface area (Å²) in [6, 6.07) is 7.55. The molecule has 0 saturated carbocycles. The molecule has 0 bridgehead atoms. The summed E-state index contributed by atoms with van der Waals surface area (Å²) in [6.45, 7) is 8.07. The second-order valence-corrected chi connectivity index (χ2v) is 5.19. The summed E-state index contributed by atoms with van der Waals surface area (Å²) in [7, 11) is 0. The van der Waals surface area contributed by atoms with Gasteiger partial charge in [-0.25, -0.2) is 4.79 Å². The first-order valence-electron chi connectivity index (χ1n) is 6.65. The van der Waals surface area contributed by atoms with Crippen molar-refractivity contribution >= 4 is 17.6 Å². The number of rotatable bonds is 6. The topological polar surface area (TPSA) is 38.3 Å². The van der Waals surface area contributed by atoms with Gasteiger partial charge in [0.05, 0.1) is 6.61 Å². The van der Waals surface area contributed by atoms with E-state index in [1.165, 1.54) is 0 Å². The molecule has 0 saturated heterocycles. The molecule has 19 heavy (non-hydrogen) atoms. The van der Waals surface area contributed by atoms with Crippen molar-refractivity contribution in [3.63, 3.8) is 0 Å². The number of halogens is 1. The van der Waals surface area contributed by atoms with E-state index in [1.54, 1.807) is 13.0 Å². The summed E-state index contributed by atoms with van der Waals surface area (Å²) in [5.74, 6) is -0.302. The van der Waals surface area contributed by atoms with Crippen molar-refractivity contribution in [1.29, 1.82) is 0 Å². The van der Waals surface area contributed by atoms with Gasteiger partial charge in [0.25, 0.3) is 0 Å². The monoisotopic (exact) mass is 283 g/mol. The lowest BCUT2D eigenvalue weighted by molar-refractivity contribution is -0.151. The molecule has 0 fully saturated rings. The number of carbonyl (C=O) groups excluding carboxylic acids is 1. The minimum absolute atomic E-state index is 0.186. The van der Waals surface area contributed by atoms with Crippen molar-refractivity contribution in [2.45, 2.75) is 45.7 Å². The average molecular weight is 284 g/mol. The van der Waals surface area contributed by atoms with Gasteiger partial charge in [0.15, 0.2) is 0 Å². The van der Waals surface area contributed by atoms with Crippen molar-refractivity contribution < 1.29 is 9.53 Å². The van der Waals surface area contributed by atoms with Crippen LogP contribution in [0, 0.1) is 0 Å². The largest absolute Gasteiger partial charge is 0.464 e. The molecule has 1 aromatic carbocycles. The van der Waals surface area contributed by atoms with Crippen LogP contribution < -0.4 is 5.32 Å². The smallest absolute Gasteiger partial charge is 0.330 e. The lowest BCUT2D eigenvalue weighted by Crippen LogP contribution is -2.51. The second-order valence-electron chi connectivity index (χ2n) is 4.78. The molecular weight excluding hydrogens is 262 g/mol. The van der Waals surface area contributed by atoms with Crippen LogP contribution in [-0.4, -0.2) is 18.6 Å². The number of nitrogens with one attached hydrogen (secondary N) is 1. The van der Waals surface area contributed by atoms with Gasteiger partial charge in [0.2, 0.25) is 0 Å². The second kappa shape index (κ2) is 6.92. The van der Waals surface area contributed by atoms with Crippen molar-refractivity contribution in [2.24, 2.45) is 0 Å². The predicted molar refractivity (Wildman–Crippen MR) is 78.3 cm³/mol. The van der Waals surface area contributed by atoms with Crippen molar-refractivity contribution in [2.75, 3.05) is 6.61 Å². The quantitative estimate of drug-likeness (QED) is 0.812. The van der Waals surface area contributed by atoms with Crippen LogP contribution in [0.3, 0.4) is 0 Å². The van der Waals surface area contributed by atoms with E-state index in [0.29, 0.717) is 11.6 Å². The summed E-state index contributed by atoms with van der Waals surface area (Å²) in [6.07, 6.45) is 0.916. The number of hydrogen-bond acceptors (Lipinski definition) is 3. The lowest BCUT2D eigenvalue weighted by atomic mass is 9.90. The molecular formula is C15H22ClNO2. The maximum atomic E-state index is 12.3. The van der Waals surface area contributed by atoms with Gasteiger partial charge >= 0.3 is 5.97 Å². The summed E-state index contributed by atoms with van der Waals surface area (Å²) < 4.78 is 5.20. The normalized spacial score (nSPS) is 15.6. The first-order valence-corrected chi connectivity index (χ1v) is 7.03. The summed E-state index contributed by atoms with van der Waals surface area (Å²) in [5.41, 5.74) is -0.181. The molecule has 1 rings (SSSR count). The molecule has 1 N–H and O–H groups in total. The van der Waals surface area contributed by atoms with Crippen molar-refractivity contribution in [1.82, 2.24) is 5.32 Å². The SMILES string of the molecule is CCOC(=O)C(C)(NC(C)CC)c1ccccc1Cl. The van der Waals surface area contributed by atoms with Crippen LogP contribution in [-0.2, 0) is 15.1 Å². The standard InChI is InChI=1S/C15H22ClNO2/c1-5-11(3)17-15(4,14(18)19-6-2)12-9-7-8-10-13(12)16/h7-11,17H,5-6H2,1-4H3. The third-order valence-corrected chi connectivity index (χ3v) is 3.57. The highest BCUT2D eigenvalue weighted by Gasteiger charge is 2.38. The molecule has 0 radical (unpaired) electrons. The Kier molecular flexibility index (Phi) is 5.83. The first kappa shape index (κ1) is 16.0. The fourth-order valence-electron chi connectivity index (χ4n) is 1.98. The Morgan fingerprint density at radius 3 is 2.58 bits per heavy atom. The highest BCUT2D eigenvalue weighted by atomic mass is 35.5. The fourth-order valence-corrected chi connectivity index (χ4v) is 2.31. The van der Waals surface area contributed by atoms with Crippen LogP contribution in [0.25, 0.3) is 0 Å². The van der Waals surface area contributed by atoms with E-state index in [1.807, 2.05) is 32.0 Å². The third-order valence-electron chi connectivity index (χ3n) is 3.24. The van der Waals surface area contributed by atoms with Gasteiger partial charge < -0.3 is 4.74 Å². The molecule has 0 spiro atoms. The van der Waals surface area contributed by atoms with Gasteiger partial charge in [-0.1, -0.05) is 36.7 Å². The predicted octanol–water partition coefficient (Wildman–Crippen LogP) is 3.51.